The number of nitrogens with one attached hydrogen (secondary N) is 2. The molecule has 2 N–H and O–H groups in total. The van der Waals surface area contributed by atoms with Crippen LogP contribution in [0.25, 0.3) is 11.1 Å². The topological polar surface area (TPSA) is 78.5 Å². The zero-order chi connectivity index (χ0) is 22.2. The Morgan fingerprint density at radius 3 is 2.56 bits per heavy atom. The van der Waals surface area contributed by atoms with Crippen molar-refractivity contribution in [3.05, 3.63) is 89.7 Å². The van der Waals surface area contributed by atoms with Crippen molar-refractivity contribution in [2.75, 3.05) is 11.9 Å². The normalized spacial score (nSPS) is 19.6. The van der Waals surface area contributed by atoms with Crippen molar-refractivity contribution >= 4 is 23.4 Å². The molecule has 3 aromatic rings. The smallest absolute Gasteiger partial charge is 0.256 e. The monoisotopic (exact) mass is 429 g/mol. The number of rotatable bonds is 3. The van der Waals surface area contributed by atoms with Crippen LogP contribution in [-0.2, 0) is 4.79 Å². The molecule has 0 radical (unpaired) electrons. The lowest BCUT2D eigenvalue weighted by Crippen LogP contribution is -2.51. The average Bonchev–Trinajstić information content (AvgIpc) is 3.18. The Balaban J connectivity index is 1.42. The molecule has 0 aliphatic carbocycles. The molecule has 5 rings (SSSR count). The average molecular weight is 429 g/mol. The molecule has 160 valence electrons. The van der Waals surface area contributed by atoms with Crippen molar-refractivity contribution in [3.8, 4) is 11.1 Å². The molecule has 3 aromatic carbocycles. The lowest BCUT2D eigenvalue weighted by Gasteiger charge is -2.25. The van der Waals surface area contributed by atoms with Gasteiger partial charge in [-0.2, -0.15) is 0 Å². The standard InChI is InChI=1S/C25H20FN3O3/c26-18-8-4-7-17(13-18)23(30)28-21-11-12-29-22(21)24(31)27-20-10-9-16(14-19(20)25(29)32)15-5-2-1-3-6-15/h1-10,13-14,21-22H,11-12H2,(H,27,31)(H,28,30). The molecule has 3 amide bonds. The first-order chi connectivity index (χ1) is 15.5. The first-order valence-corrected chi connectivity index (χ1v) is 10.4. The van der Waals surface area contributed by atoms with E-state index in [1.807, 2.05) is 36.4 Å². The molecular formula is C25H20FN3O3. The van der Waals surface area contributed by atoms with Gasteiger partial charge in [0, 0.05) is 12.1 Å². The predicted octanol–water partition coefficient (Wildman–Crippen LogP) is 3.46. The summed E-state index contributed by atoms with van der Waals surface area (Å²) in [5, 5.41) is 5.65. The molecule has 2 heterocycles. The molecule has 1 fully saturated rings. The fraction of sp³-hybridized carbons (Fsp3) is 0.160. The summed E-state index contributed by atoms with van der Waals surface area (Å²) < 4.78 is 13.5. The third-order valence-corrected chi connectivity index (χ3v) is 5.95. The van der Waals surface area contributed by atoms with Crippen LogP contribution in [-0.4, -0.2) is 41.2 Å². The van der Waals surface area contributed by atoms with E-state index < -0.39 is 23.8 Å². The van der Waals surface area contributed by atoms with Gasteiger partial charge in [0.25, 0.3) is 11.8 Å². The van der Waals surface area contributed by atoms with Gasteiger partial charge < -0.3 is 15.5 Å². The van der Waals surface area contributed by atoms with Crippen molar-refractivity contribution in [2.45, 2.75) is 18.5 Å². The maximum atomic E-state index is 13.5. The summed E-state index contributed by atoms with van der Waals surface area (Å²) in [6, 6.07) is 19.0. The van der Waals surface area contributed by atoms with E-state index in [-0.39, 0.29) is 17.4 Å². The summed E-state index contributed by atoms with van der Waals surface area (Å²) in [4.78, 5) is 40.5. The third kappa shape index (κ3) is 3.51. The Labute approximate surface area is 184 Å². The summed E-state index contributed by atoms with van der Waals surface area (Å²) in [5.74, 6) is -1.61. The van der Waals surface area contributed by atoms with Gasteiger partial charge >= 0.3 is 0 Å². The van der Waals surface area contributed by atoms with E-state index in [2.05, 4.69) is 10.6 Å². The van der Waals surface area contributed by atoms with Gasteiger partial charge in [0.1, 0.15) is 11.9 Å². The second kappa shape index (κ2) is 7.92. The Kier molecular flexibility index (Phi) is 4.93. The molecule has 32 heavy (non-hydrogen) atoms. The van der Waals surface area contributed by atoms with Crippen molar-refractivity contribution in [2.24, 2.45) is 0 Å². The van der Waals surface area contributed by atoms with Crippen LogP contribution < -0.4 is 10.6 Å². The Bertz CT molecular complexity index is 1230. The lowest BCUT2D eigenvalue weighted by molar-refractivity contribution is -0.120. The number of amides is 3. The molecule has 2 aliphatic heterocycles. The molecule has 2 aliphatic rings. The van der Waals surface area contributed by atoms with Crippen LogP contribution in [0.1, 0.15) is 27.1 Å². The molecule has 0 saturated carbocycles. The van der Waals surface area contributed by atoms with Gasteiger partial charge in [-0.15, -0.1) is 0 Å². The van der Waals surface area contributed by atoms with Gasteiger partial charge in [-0.3, -0.25) is 14.4 Å². The lowest BCUT2D eigenvalue weighted by atomic mass is 10.0. The number of benzene rings is 3. The van der Waals surface area contributed by atoms with Gasteiger partial charge in [0.15, 0.2) is 0 Å². The minimum atomic E-state index is -0.840. The van der Waals surface area contributed by atoms with Crippen LogP contribution in [0.5, 0.6) is 0 Å². The predicted molar refractivity (Wildman–Crippen MR) is 118 cm³/mol. The van der Waals surface area contributed by atoms with Crippen LogP contribution in [0, 0.1) is 5.82 Å². The molecular weight excluding hydrogens is 409 g/mol. The quantitative estimate of drug-likeness (QED) is 0.669. The van der Waals surface area contributed by atoms with Crippen LogP contribution in [0.3, 0.4) is 0 Å². The molecule has 0 aromatic heterocycles. The summed E-state index contributed by atoms with van der Waals surface area (Å²) in [7, 11) is 0. The number of nitrogens with zero attached hydrogens (tertiary/aromatic N) is 1. The second-order valence-electron chi connectivity index (χ2n) is 7.94. The van der Waals surface area contributed by atoms with Crippen LogP contribution in [0.15, 0.2) is 72.8 Å². The number of hydrogen-bond acceptors (Lipinski definition) is 3. The maximum absolute atomic E-state index is 13.5. The molecule has 7 heteroatoms. The van der Waals surface area contributed by atoms with Crippen molar-refractivity contribution in [3.63, 3.8) is 0 Å². The first kappa shape index (κ1) is 19.9. The Hall–Kier alpha value is -4.00. The van der Waals surface area contributed by atoms with Gasteiger partial charge in [-0.1, -0.05) is 42.5 Å². The van der Waals surface area contributed by atoms with E-state index >= 15 is 0 Å². The molecule has 0 bridgehead atoms. The number of anilines is 1. The van der Waals surface area contributed by atoms with E-state index in [9.17, 15) is 18.8 Å². The summed E-state index contributed by atoms with van der Waals surface area (Å²) in [6.07, 6.45) is 0.429. The minimum Gasteiger partial charge on any atom is -0.347 e. The summed E-state index contributed by atoms with van der Waals surface area (Å²) in [5.41, 5.74) is 2.88. The summed E-state index contributed by atoms with van der Waals surface area (Å²) >= 11 is 0. The molecule has 6 nitrogen and oxygen atoms in total. The van der Waals surface area contributed by atoms with Crippen LogP contribution in [0.2, 0.25) is 0 Å². The Morgan fingerprint density at radius 1 is 0.969 bits per heavy atom. The highest BCUT2D eigenvalue weighted by atomic mass is 19.1. The fourth-order valence-corrected chi connectivity index (χ4v) is 4.38. The van der Waals surface area contributed by atoms with Crippen LogP contribution in [0.4, 0.5) is 10.1 Å². The third-order valence-electron chi connectivity index (χ3n) is 5.95. The first-order valence-electron chi connectivity index (χ1n) is 10.4. The maximum Gasteiger partial charge on any atom is 0.256 e. The number of fused-ring (bicyclic) bond motifs is 2. The molecule has 0 spiro atoms. The zero-order valence-electron chi connectivity index (χ0n) is 17.0. The molecule has 1 saturated heterocycles. The molecule has 2 atom stereocenters. The number of halogens is 1. The van der Waals surface area contributed by atoms with Gasteiger partial charge in [-0.25, -0.2) is 4.39 Å². The molecule has 2 unspecified atom stereocenters. The minimum absolute atomic E-state index is 0.166. The number of carbonyl (C=O) groups excluding carboxylic acids is 3. The van der Waals surface area contributed by atoms with Crippen molar-refractivity contribution < 1.29 is 18.8 Å². The van der Waals surface area contributed by atoms with E-state index in [1.54, 1.807) is 12.1 Å². The van der Waals surface area contributed by atoms with Gasteiger partial charge in [0.05, 0.1) is 17.3 Å². The van der Waals surface area contributed by atoms with Gasteiger partial charge in [-0.05, 0) is 47.9 Å². The van der Waals surface area contributed by atoms with Crippen LogP contribution >= 0.6 is 0 Å². The fourth-order valence-electron chi connectivity index (χ4n) is 4.38. The van der Waals surface area contributed by atoms with Crippen molar-refractivity contribution in [1.29, 1.82) is 0 Å². The van der Waals surface area contributed by atoms with E-state index in [0.29, 0.717) is 24.2 Å². The van der Waals surface area contributed by atoms with Gasteiger partial charge in [0.2, 0.25) is 5.91 Å². The number of hydrogen-bond donors (Lipinski definition) is 2. The SMILES string of the molecule is O=C(NC1CCN2C(=O)c3cc(-c4ccccc4)ccc3NC(=O)C12)c1cccc(F)c1. The van der Waals surface area contributed by atoms with E-state index in [4.69, 9.17) is 0 Å². The largest absolute Gasteiger partial charge is 0.347 e. The zero-order valence-corrected chi connectivity index (χ0v) is 17.0. The summed E-state index contributed by atoms with van der Waals surface area (Å²) in [6.45, 7) is 0.333. The highest BCUT2D eigenvalue weighted by molar-refractivity contribution is 6.11. The highest BCUT2D eigenvalue weighted by Gasteiger charge is 2.45. The number of carbonyl (C=O) groups is 3. The Morgan fingerprint density at radius 2 is 1.78 bits per heavy atom. The van der Waals surface area contributed by atoms with E-state index in [1.165, 1.54) is 23.1 Å². The van der Waals surface area contributed by atoms with Crippen molar-refractivity contribution in [1.82, 2.24) is 10.2 Å². The highest BCUT2D eigenvalue weighted by Crippen LogP contribution is 2.32. The second-order valence-corrected chi connectivity index (χ2v) is 7.94. The van der Waals surface area contributed by atoms with E-state index in [0.717, 1.165) is 17.2 Å².